The summed E-state index contributed by atoms with van der Waals surface area (Å²) in [5.41, 5.74) is 5.33. The van der Waals surface area contributed by atoms with Crippen molar-refractivity contribution in [3.63, 3.8) is 0 Å². The largest absolute Gasteiger partial charge is 0.481 e. The summed E-state index contributed by atoms with van der Waals surface area (Å²) >= 11 is 0. The van der Waals surface area contributed by atoms with Gasteiger partial charge in [0.05, 0.1) is 11.8 Å². The molecule has 1 atom stereocenters. The highest BCUT2D eigenvalue weighted by atomic mass is 16.4. The summed E-state index contributed by atoms with van der Waals surface area (Å²) in [6.07, 6.45) is 4.79. The van der Waals surface area contributed by atoms with Crippen LogP contribution in [0.4, 0.5) is 0 Å². The number of nitrogens with one attached hydrogen (secondary N) is 1. The van der Waals surface area contributed by atoms with Crippen LogP contribution >= 0.6 is 0 Å². The molecule has 1 aliphatic carbocycles. The van der Waals surface area contributed by atoms with Crippen LogP contribution in [-0.4, -0.2) is 29.6 Å². The first-order chi connectivity index (χ1) is 8.91. The fraction of sp³-hybridized carbons (Fsp3) is 0.857. The SMILES string of the molecule is CC(C)C(CC(=O)O)NC(=O)C1(CN)CCCCC1. The number of hydrogen-bond acceptors (Lipinski definition) is 3. The summed E-state index contributed by atoms with van der Waals surface area (Å²) in [6, 6.07) is -0.324. The lowest BCUT2D eigenvalue weighted by atomic mass is 9.73. The summed E-state index contributed by atoms with van der Waals surface area (Å²) in [6.45, 7) is 4.18. The summed E-state index contributed by atoms with van der Waals surface area (Å²) in [4.78, 5) is 23.3. The molecule has 1 saturated carbocycles. The third-order valence-electron chi connectivity index (χ3n) is 4.20. The van der Waals surface area contributed by atoms with Crippen molar-refractivity contribution in [2.45, 2.75) is 58.4 Å². The first-order valence-electron chi connectivity index (χ1n) is 7.14. The highest BCUT2D eigenvalue weighted by Gasteiger charge is 2.39. The van der Waals surface area contributed by atoms with Gasteiger partial charge in [-0.2, -0.15) is 0 Å². The van der Waals surface area contributed by atoms with Crippen molar-refractivity contribution >= 4 is 11.9 Å². The Hall–Kier alpha value is -1.10. The van der Waals surface area contributed by atoms with Gasteiger partial charge in [-0.25, -0.2) is 0 Å². The Kier molecular flexibility index (Phi) is 5.79. The van der Waals surface area contributed by atoms with Gasteiger partial charge in [-0.1, -0.05) is 33.1 Å². The Morgan fingerprint density at radius 1 is 1.26 bits per heavy atom. The van der Waals surface area contributed by atoms with E-state index in [1.807, 2.05) is 13.8 Å². The van der Waals surface area contributed by atoms with Crippen molar-refractivity contribution in [1.82, 2.24) is 5.32 Å². The van der Waals surface area contributed by atoms with Gasteiger partial charge in [-0.3, -0.25) is 9.59 Å². The van der Waals surface area contributed by atoms with Crippen molar-refractivity contribution in [3.05, 3.63) is 0 Å². The van der Waals surface area contributed by atoms with Crippen LogP contribution in [0.15, 0.2) is 0 Å². The van der Waals surface area contributed by atoms with Crippen molar-refractivity contribution in [2.24, 2.45) is 17.1 Å². The number of amides is 1. The van der Waals surface area contributed by atoms with Crippen molar-refractivity contribution in [2.75, 3.05) is 6.54 Å². The van der Waals surface area contributed by atoms with Gasteiger partial charge >= 0.3 is 5.97 Å². The molecule has 4 N–H and O–H groups in total. The highest BCUT2D eigenvalue weighted by Crippen LogP contribution is 2.35. The minimum Gasteiger partial charge on any atom is -0.481 e. The normalized spacial score (nSPS) is 20.0. The molecule has 5 heteroatoms. The van der Waals surface area contributed by atoms with Gasteiger partial charge in [0.2, 0.25) is 5.91 Å². The lowest BCUT2D eigenvalue weighted by Gasteiger charge is -2.36. The molecule has 110 valence electrons. The average molecular weight is 270 g/mol. The van der Waals surface area contributed by atoms with E-state index in [1.165, 1.54) is 0 Å². The second kappa shape index (κ2) is 6.89. The van der Waals surface area contributed by atoms with Crippen LogP contribution in [0.3, 0.4) is 0 Å². The number of carbonyl (C=O) groups is 2. The summed E-state index contributed by atoms with van der Waals surface area (Å²) in [5, 5.41) is 11.8. The number of hydrogen-bond donors (Lipinski definition) is 3. The lowest BCUT2D eigenvalue weighted by molar-refractivity contribution is -0.139. The van der Waals surface area contributed by atoms with Crippen molar-refractivity contribution in [1.29, 1.82) is 0 Å². The molecule has 0 aromatic heterocycles. The predicted molar refractivity (Wildman–Crippen MR) is 73.6 cm³/mol. The molecule has 0 bridgehead atoms. The molecule has 0 spiro atoms. The zero-order valence-electron chi connectivity index (χ0n) is 11.9. The second-order valence-electron chi connectivity index (χ2n) is 5.97. The van der Waals surface area contributed by atoms with Gasteiger partial charge in [0.25, 0.3) is 0 Å². The van der Waals surface area contributed by atoms with E-state index in [0.717, 1.165) is 32.1 Å². The van der Waals surface area contributed by atoms with E-state index in [-0.39, 0.29) is 24.3 Å². The molecule has 1 amide bonds. The maximum absolute atomic E-state index is 12.5. The number of carbonyl (C=O) groups excluding carboxylic acids is 1. The number of carboxylic acid groups (broad SMARTS) is 1. The topological polar surface area (TPSA) is 92.4 Å². The smallest absolute Gasteiger partial charge is 0.305 e. The Morgan fingerprint density at radius 2 is 1.84 bits per heavy atom. The van der Waals surface area contributed by atoms with Gasteiger partial charge in [0, 0.05) is 12.6 Å². The number of aliphatic carboxylic acids is 1. The molecule has 1 aliphatic rings. The first kappa shape index (κ1) is 16.0. The minimum absolute atomic E-state index is 0.0376. The molecule has 0 aliphatic heterocycles. The standard InChI is InChI=1S/C14H26N2O3/c1-10(2)11(8-12(17)18)16-13(19)14(9-15)6-4-3-5-7-14/h10-11H,3-9,15H2,1-2H3,(H,16,19)(H,17,18). The zero-order chi connectivity index (χ0) is 14.5. The van der Waals surface area contributed by atoms with E-state index < -0.39 is 11.4 Å². The van der Waals surface area contributed by atoms with Crippen LogP contribution in [-0.2, 0) is 9.59 Å². The fourth-order valence-electron chi connectivity index (χ4n) is 2.72. The number of rotatable bonds is 6. The average Bonchev–Trinajstić information content (AvgIpc) is 2.38. The van der Waals surface area contributed by atoms with Crippen LogP contribution in [0.5, 0.6) is 0 Å². The van der Waals surface area contributed by atoms with Gasteiger partial charge in [0.15, 0.2) is 0 Å². The third kappa shape index (κ3) is 4.20. The van der Waals surface area contributed by atoms with Crippen molar-refractivity contribution < 1.29 is 14.7 Å². The Bertz CT molecular complexity index is 323. The van der Waals surface area contributed by atoms with E-state index in [1.54, 1.807) is 0 Å². The quantitative estimate of drug-likeness (QED) is 0.682. The number of nitrogens with two attached hydrogens (primary N) is 1. The van der Waals surface area contributed by atoms with E-state index in [0.29, 0.717) is 6.54 Å². The number of carboxylic acids is 1. The van der Waals surface area contributed by atoms with E-state index in [2.05, 4.69) is 5.32 Å². The molecule has 0 radical (unpaired) electrons. The molecule has 1 unspecified atom stereocenters. The van der Waals surface area contributed by atoms with E-state index in [4.69, 9.17) is 10.8 Å². The molecule has 19 heavy (non-hydrogen) atoms. The highest BCUT2D eigenvalue weighted by molar-refractivity contribution is 5.83. The third-order valence-corrected chi connectivity index (χ3v) is 4.20. The summed E-state index contributed by atoms with van der Waals surface area (Å²) in [7, 11) is 0. The summed E-state index contributed by atoms with van der Waals surface area (Å²) in [5.74, 6) is -0.849. The van der Waals surface area contributed by atoms with Gasteiger partial charge in [-0.15, -0.1) is 0 Å². The molecule has 1 fully saturated rings. The summed E-state index contributed by atoms with van der Waals surface area (Å²) < 4.78 is 0. The predicted octanol–water partition coefficient (Wildman–Crippen LogP) is 1.51. The van der Waals surface area contributed by atoms with Crippen molar-refractivity contribution in [3.8, 4) is 0 Å². The van der Waals surface area contributed by atoms with E-state index in [9.17, 15) is 9.59 Å². The molecule has 0 aromatic carbocycles. The lowest BCUT2D eigenvalue weighted by Crippen LogP contribution is -2.51. The van der Waals surface area contributed by atoms with Crippen LogP contribution < -0.4 is 11.1 Å². The first-order valence-corrected chi connectivity index (χ1v) is 7.14. The Morgan fingerprint density at radius 3 is 2.26 bits per heavy atom. The van der Waals surface area contributed by atoms with Crippen LogP contribution in [0.1, 0.15) is 52.4 Å². The maximum Gasteiger partial charge on any atom is 0.305 e. The van der Waals surface area contributed by atoms with Crippen LogP contribution in [0.2, 0.25) is 0 Å². The maximum atomic E-state index is 12.5. The Labute approximate surface area is 114 Å². The van der Waals surface area contributed by atoms with Gasteiger partial charge < -0.3 is 16.2 Å². The van der Waals surface area contributed by atoms with Gasteiger partial charge in [-0.05, 0) is 18.8 Å². The molecular formula is C14H26N2O3. The van der Waals surface area contributed by atoms with E-state index >= 15 is 0 Å². The minimum atomic E-state index is -0.885. The fourth-order valence-corrected chi connectivity index (χ4v) is 2.72. The molecule has 0 aromatic rings. The molecular weight excluding hydrogens is 244 g/mol. The van der Waals surface area contributed by atoms with Gasteiger partial charge in [0.1, 0.15) is 0 Å². The molecule has 0 saturated heterocycles. The zero-order valence-corrected chi connectivity index (χ0v) is 11.9. The monoisotopic (exact) mass is 270 g/mol. The molecule has 0 heterocycles. The molecule has 1 rings (SSSR count). The van der Waals surface area contributed by atoms with Crippen LogP contribution in [0, 0.1) is 11.3 Å². The Balaban J connectivity index is 2.71. The second-order valence-corrected chi connectivity index (χ2v) is 5.97. The van der Waals surface area contributed by atoms with Crippen LogP contribution in [0.25, 0.3) is 0 Å². The molecule has 5 nitrogen and oxygen atoms in total.